The van der Waals surface area contributed by atoms with Crippen molar-refractivity contribution in [1.82, 2.24) is 9.97 Å². The molecular weight excluding hydrogens is 248 g/mol. The number of benzene rings is 1. The van der Waals surface area contributed by atoms with E-state index in [2.05, 4.69) is 53.4 Å². The van der Waals surface area contributed by atoms with Gasteiger partial charge in [-0.25, -0.2) is 4.98 Å². The molecule has 0 aliphatic heterocycles. The average molecular weight is 263 g/mol. The van der Waals surface area contributed by atoms with Gasteiger partial charge in [-0.15, -0.1) is 0 Å². The Morgan fingerprint density at radius 1 is 1.22 bits per heavy atom. The van der Waals surface area contributed by atoms with Crippen LogP contribution in [0.4, 0.5) is 11.8 Å². The Balaban J connectivity index is 2.15. The van der Waals surface area contributed by atoms with Crippen LogP contribution in [0.3, 0.4) is 0 Å². The van der Waals surface area contributed by atoms with Crippen LogP contribution in [0.25, 0.3) is 0 Å². The van der Waals surface area contributed by atoms with Crippen molar-refractivity contribution in [2.75, 3.05) is 11.1 Å². The van der Waals surface area contributed by atoms with Gasteiger partial charge in [0, 0.05) is 12.1 Å². The van der Waals surface area contributed by atoms with Gasteiger partial charge in [0.25, 0.3) is 0 Å². The fraction of sp³-hybridized carbons (Fsp3) is 0.231. The van der Waals surface area contributed by atoms with Gasteiger partial charge in [-0.3, -0.25) is 0 Å². The molecule has 0 bridgehead atoms. The summed E-state index contributed by atoms with van der Waals surface area (Å²) < 4.78 is 0. The number of nitrogens with two attached hydrogens (primary N) is 1. The van der Waals surface area contributed by atoms with Crippen LogP contribution in [0.15, 0.2) is 30.3 Å². The summed E-state index contributed by atoms with van der Waals surface area (Å²) in [6, 6.07) is 10.1. The number of aryl methyl sites for hydroxylation is 1. The number of halogens is 1. The molecule has 0 fully saturated rings. The summed E-state index contributed by atoms with van der Waals surface area (Å²) in [6.45, 7) is 4.11. The lowest BCUT2D eigenvalue weighted by Crippen LogP contribution is -2.09. The molecule has 0 saturated carbocycles. The third kappa shape index (κ3) is 3.11. The Kier molecular flexibility index (Phi) is 3.67. The molecule has 1 aromatic heterocycles. The van der Waals surface area contributed by atoms with Gasteiger partial charge in [-0.2, -0.15) is 4.98 Å². The van der Waals surface area contributed by atoms with Crippen molar-refractivity contribution in [2.24, 2.45) is 0 Å². The summed E-state index contributed by atoms with van der Waals surface area (Å²) in [6.07, 6.45) is 0. The minimum absolute atomic E-state index is 0.121. The van der Waals surface area contributed by atoms with Gasteiger partial charge in [0.15, 0.2) is 0 Å². The van der Waals surface area contributed by atoms with Crippen LogP contribution in [0, 0.1) is 6.92 Å². The molecule has 4 nitrogen and oxygen atoms in total. The number of nitrogens with one attached hydrogen (secondary N) is 1. The van der Waals surface area contributed by atoms with Crippen molar-refractivity contribution in [1.29, 1.82) is 0 Å². The first-order valence-corrected chi connectivity index (χ1v) is 6.05. The van der Waals surface area contributed by atoms with E-state index in [0.717, 1.165) is 0 Å². The molecule has 1 heterocycles. The summed E-state index contributed by atoms with van der Waals surface area (Å²) >= 11 is 5.83. The zero-order chi connectivity index (χ0) is 13.1. The molecule has 18 heavy (non-hydrogen) atoms. The van der Waals surface area contributed by atoms with Gasteiger partial charge in [0.05, 0.1) is 0 Å². The smallest absolute Gasteiger partial charge is 0.223 e. The second kappa shape index (κ2) is 5.23. The molecule has 5 heteroatoms. The van der Waals surface area contributed by atoms with E-state index in [1.54, 1.807) is 6.07 Å². The number of nitrogens with zero attached hydrogens (tertiary/aromatic N) is 2. The van der Waals surface area contributed by atoms with Crippen LogP contribution < -0.4 is 11.1 Å². The van der Waals surface area contributed by atoms with Crippen LogP contribution in [0.2, 0.25) is 5.15 Å². The molecule has 0 radical (unpaired) electrons. The number of anilines is 2. The summed E-state index contributed by atoms with van der Waals surface area (Å²) in [5.74, 6) is 0.793. The normalized spacial score (nSPS) is 12.2. The second-order valence-electron chi connectivity index (χ2n) is 4.21. The van der Waals surface area contributed by atoms with Crippen molar-refractivity contribution in [3.8, 4) is 0 Å². The summed E-state index contributed by atoms with van der Waals surface area (Å²) in [7, 11) is 0. The first-order valence-electron chi connectivity index (χ1n) is 5.68. The molecule has 2 rings (SSSR count). The van der Waals surface area contributed by atoms with Gasteiger partial charge in [0.2, 0.25) is 5.95 Å². The predicted octanol–water partition coefficient (Wildman–Crippen LogP) is 3.19. The lowest BCUT2D eigenvalue weighted by molar-refractivity contribution is 0.872. The quantitative estimate of drug-likeness (QED) is 0.834. The first kappa shape index (κ1) is 12.6. The molecule has 0 aliphatic carbocycles. The lowest BCUT2D eigenvalue weighted by Gasteiger charge is -2.15. The average Bonchev–Trinajstić information content (AvgIpc) is 2.28. The van der Waals surface area contributed by atoms with Gasteiger partial charge in [0.1, 0.15) is 11.0 Å². The highest BCUT2D eigenvalue weighted by atomic mass is 35.5. The molecule has 1 unspecified atom stereocenters. The fourth-order valence-electron chi connectivity index (χ4n) is 1.67. The largest absolute Gasteiger partial charge is 0.368 e. The van der Waals surface area contributed by atoms with Crippen molar-refractivity contribution in [2.45, 2.75) is 19.9 Å². The van der Waals surface area contributed by atoms with Crippen LogP contribution in [-0.2, 0) is 0 Å². The predicted molar refractivity (Wildman–Crippen MR) is 74.7 cm³/mol. The third-order valence-corrected chi connectivity index (χ3v) is 2.85. The minimum Gasteiger partial charge on any atom is -0.368 e. The molecule has 1 atom stereocenters. The summed E-state index contributed by atoms with van der Waals surface area (Å²) in [5, 5.41) is 3.58. The topological polar surface area (TPSA) is 63.8 Å². The first-order chi connectivity index (χ1) is 8.54. The molecule has 3 N–H and O–H groups in total. The zero-order valence-corrected chi connectivity index (χ0v) is 11.1. The molecule has 0 amide bonds. The van der Waals surface area contributed by atoms with E-state index in [0.29, 0.717) is 11.0 Å². The van der Waals surface area contributed by atoms with Crippen LogP contribution in [0.1, 0.15) is 24.1 Å². The second-order valence-corrected chi connectivity index (χ2v) is 4.60. The van der Waals surface area contributed by atoms with E-state index in [9.17, 15) is 0 Å². The molecule has 1 aromatic carbocycles. The number of nitrogen functional groups attached to an aromatic ring is 1. The van der Waals surface area contributed by atoms with Gasteiger partial charge in [-0.05, 0) is 19.4 Å². The molecule has 0 aliphatic rings. The molecule has 2 aromatic rings. The Labute approximate surface area is 111 Å². The maximum atomic E-state index is 5.83. The number of rotatable bonds is 3. The van der Waals surface area contributed by atoms with Crippen molar-refractivity contribution >= 4 is 23.4 Å². The summed E-state index contributed by atoms with van der Waals surface area (Å²) in [4.78, 5) is 7.91. The Bertz CT molecular complexity index is 519. The van der Waals surface area contributed by atoms with Crippen molar-refractivity contribution < 1.29 is 0 Å². The van der Waals surface area contributed by atoms with Crippen LogP contribution in [-0.4, -0.2) is 9.97 Å². The van der Waals surface area contributed by atoms with Crippen LogP contribution in [0.5, 0.6) is 0 Å². The monoisotopic (exact) mass is 262 g/mol. The zero-order valence-electron chi connectivity index (χ0n) is 10.3. The maximum Gasteiger partial charge on any atom is 0.223 e. The van der Waals surface area contributed by atoms with E-state index in [4.69, 9.17) is 17.3 Å². The molecular formula is C13H15ClN4. The Morgan fingerprint density at radius 2 is 1.89 bits per heavy atom. The van der Waals surface area contributed by atoms with Crippen molar-refractivity contribution in [3.63, 3.8) is 0 Å². The van der Waals surface area contributed by atoms with Crippen LogP contribution >= 0.6 is 11.6 Å². The molecule has 0 spiro atoms. The third-order valence-electron chi connectivity index (χ3n) is 2.65. The Hall–Kier alpha value is -1.81. The van der Waals surface area contributed by atoms with E-state index < -0.39 is 0 Å². The number of hydrogen-bond acceptors (Lipinski definition) is 4. The van der Waals surface area contributed by atoms with Gasteiger partial charge < -0.3 is 11.1 Å². The Morgan fingerprint density at radius 3 is 2.50 bits per heavy atom. The highest BCUT2D eigenvalue weighted by Crippen LogP contribution is 2.20. The van der Waals surface area contributed by atoms with Crippen molar-refractivity contribution in [3.05, 3.63) is 46.6 Å². The number of aromatic nitrogens is 2. The van der Waals surface area contributed by atoms with E-state index in [-0.39, 0.29) is 12.0 Å². The highest BCUT2D eigenvalue weighted by molar-refractivity contribution is 6.29. The van der Waals surface area contributed by atoms with E-state index >= 15 is 0 Å². The standard InChI is InChI=1S/C13H15ClN4/c1-8-3-5-10(6-4-8)9(2)16-12-7-11(14)17-13(15)18-12/h3-7,9H,1-2H3,(H3,15,16,17,18). The van der Waals surface area contributed by atoms with E-state index in [1.165, 1.54) is 11.1 Å². The summed E-state index contributed by atoms with van der Waals surface area (Å²) in [5.41, 5.74) is 7.96. The lowest BCUT2D eigenvalue weighted by atomic mass is 10.1. The fourth-order valence-corrected chi connectivity index (χ4v) is 1.86. The van der Waals surface area contributed by atoms with Gasteiger partial charge >= 0.3 is 0 Å². The minimum atomic E-state index is 0.121. The highest BCUT2D eigenvalue weighted by Gasteiger charge is 2.07. The van der Waals surface area contributed by atoms with Gasteiger partial charge in [-0.1, -0.05) is 41.4 Å². The van der Waals surface area contributed by atoms with E-state index in [1.807, 2.05) is 0 Å². The maximum absolute atomic E-state index is 5.83. The number of hydrogen-bond donors (Lipinski definition) is 2. The SMILES string of the molecule is Cc1ccc(C(C)Nc2cc(Cl)nc(N)n2)cc1. The molecule has 0 saturated heterocycles. The molecule has 94 valence electrons.